The van der Waals surface area contributed by atoms with Crippen molar-refractivity contribution >= 4 is 5.69 Å². The van der Waals surface area contributed by atoms with Crippen molar-refractivity contribution in [2.24, 2.45) is 0 Å². The second-order valence-corrected chi connectivity index (χ2v) is 4.77. The quantitative estimate of drug-likeness (QED) is 0.707. The number of rotatable bonds is 4. The minimum absolute atomic E-state index is 0.828. The largest absolute Gasteiger partial charge is 0.457 e. The molecule has 0 aliphatic heterocycles. The van der Waals surface area contributed by atoms with Crippen LogP contribution in [0.1, 0.15) is 0 Å². The highest BCUT2D eigenvalue weighted by Crippen LogP contribution is 2.27. The lowest BCUT2D eigenvalue weighted by atomic mass is 10.1. The van der Waals surface area contributed by atoms with E-state index < -0.39 is 0 Å². The van der Waals surface area contributed by atoms with Gasteiger partial charge in [-0.25, -0.2) is 0 Å². The Balaban J connectivity index is 1.78. The Morgan fingerprint density at radius 1 is 0.667 bits per heavy atom. The fraction of sp³-hybridized carbons (Fsp3) is 0.0526. The zero-order chi connectivity index (χ0) is 14.5. The zero-order valence-corrected chi connectivity index (χ0v) is 11.9. The third kappa shape index (κ3) is 3.23. The number of hydrogen-bond acceptors (Lipinski definition) is 2. The summed E-state index contributed by atoms with van der Waals surface area (Å²) in [5.41, 5.74) is 3.43. The molecule has 0 saturated heterocycles. The molecule has 1 N–H and O–H groups in total. The van der Waals surface area contributed by atoms with Gasteiger partial charge in [-0.1, -0.05) is 48.5 Å². The predicted molar refractivity (Wildman–Crippen MR) is 87.9 cm³/mol. The van der Waals surface area contributed by atoms with E-state index >= 15 is 0 Å². The van der Waals surface area contributed by atoms with Crippen molar-refractivity contribution in [3.8, 4) is 22.6 Å². The van der Waals surface area contributed by atoms with E-state index in [2.05, 4.69) is 29.6 Å². The summed E-state index contributed by atoms with van der Waals surface area (Å²) in [6.07, 6.45) is 0. The summed E-state index contributed by atoms with van der Waals surface area (Å²) < 4.78 is 5.87. The van der Waals surface area contributed by atoms with Gasteiger partial charge in [0.05, 0.1) is 0 Å². The summed E-state index contributed by atoms with van der Waals surface area (Å²) in [4.78, 5) is 0. The number of ether oxygens (including phenoxy) is 1. The number of benzene rings is 3. The highest BCUT2D eigenvalue weighted by Gasteiger charge is 2.00. The Kier molecular flexibility index (Phi) is 3.88. The van der Waals surface area contributed by atoms with Crippen LogP contribution in [-0.2, 0) is 0 Å². The summed E-state index contributed by atoms with van der Waals surface area (Å²) in [6.45, 7) is 0. The second kappa shape index (κ2) is 6.14. The molecule has 0 radical (unpaired) electrons. The van der Waals surface area contributed by atoms with E-state index in [0.29, 0.717) is 0 Å². The maximum Gasteiger partial charge on any atom is 0.129 e. The van der Waals surface area contributed by atoms with E-state index in [4.69, 9.17) is 4.74 Å². The number of anilines is 1. The van der Waals surface area contributed by atoms with Crippen molar-refractivity contribution in [2.45, 2.75) is 0 Å². The lowest BCUT2D eigenvalue weighted by Crippen LogP contribution is -1.89. The summed E-state index contributed by atoms with van der Waals surface area (Å²) in [5, 5.41) is 3.10. The molecule has 0 amide bonds. The van der Waals surface area contributed by atoms with E-state index in [1.54, 1.807) is 0 Å². The zero-order valence-electron chi connectivity index (χ0n) is 11.9. The van der Waals surface area contributed by atoms with Gasteiger partial charge in [0, 0.05) is 18.8 Å². The molecule has 0 aliphatic rings. The molecule has 2 heteroatoms. The van der Waals surface area contributed by atoms with E-state index in [9.17, 15) is 0 Å². The van der Waals surface area contributed by atoms with Crippen LogP contribution in [0.5, 0.6) is 11.5 Å². The Morgan fingerprint density at radius 2 is 1.38 bits per heavy atom. The molecule has 0 spiro atoms. The van der Waals surface area contributed by atoms with Crippen LogP contribution in [0.25, 0.3) is 11.1 Å². The van der Waals surface area contributed by atoms with Crippen molar-refractivity contribution in [2.75, 3.05) is 12.4 Å². The van der Waals surface area contributed by atoms with Crippen LogP contribution < -0.4 is 10.1 Å². The van der Waals surface area contributed by atoms with Crippen LogP contribution in [0.4, 0.5) is 5.69 Å². The van der Waals surface area contributed by atoms with Crippen molar-refractivity contribution in [3.63, 3.8) is 0 Å². The first-order chi connectivity index (χ1) is 10.3. The SMILES string of the molecule is CNc1cccc(Oc2ccc(-c3ccccc3)cc2)c1. The third-order valence-electron chi connectivity index (χ3n) is 3.32. The van der Waals surface area contributed by atoms with Crippen LogP contribution >= 0.6 is 0 Å². The third-order valence-corrected chi connectivity index (χ3v) is 3.32. The van der Waals surface area contributed by atoms with Crippen molar-refractivity contribution in [1.82, 2.24) is 0 Å². The molecule has 0 aliphatic carbocycles. The second-order valence-electron chi connectivity index (χ2n) is 4.77. The van der Waals surface area contributed by atoms with Crippen LogP contribution in [0.3, 0.4) is 0 Å². The molecule has 3 aromatic carbocycles. The van der Waals surface area contributed by atoms with Gasteiger partial charge in [0.2, 0.25) is 0 Å². The highest BCUT2D eigenvalue weighted by atomic mass is 16.5. The molecule has 0 aromatic heterocycles. The molecule has 0 heterocycles. The van der Waals surface area contributed by atoms with Crippen LogP contribution in [-0.4, -0.2) is 7.05 Å². The first kappa shape index (κ1) is 13.3. The monoisotopic (exact) mass is 275 g/mol. The first-order valence-electron chi connectivity index (χ1n) is 6.96. The molecule has 3 rings (SSSR count). The van der Waals surface area contributed by atoms with Gasteiger partial charge in [-0.15, -0.1) is 0 Å². The van der Waals surface area contributed by atoms with E-state index in [0.717, 1.165) is 17.2 Å². The fourth-order valence-electron chi connectivity index (χ4n) is 2.20. The molecule has 104 valence electrons. The summed E-state index contributed by atoms with van der Waals surface area (Å²) in [7, 11) is 1.90. The van der Waals surface area contributed by atoms with Gasteiger partial charge in [0.25, 0.3) is 0 Å². The number of hydrogen-bond donors (Lipinski definition) is 1. The van der Waals surface area contributed by atoms with Crippen LogP contribution in [0.15, 0.2) is 78.9 Å². The first-order valence-corrected chi connectivity index (χ1v) is 6.96. The van der Waals surface area contributed by atoms with E-state index in [-0.39, 0.29) is 0 Å². The minimum Gasteiger partial charge on any atom is -0.457 e. The van der Waals surface area contributed by atoms with Gasteiger partial charge in [-0.3, -0.25) is 0 Å². The van der Waals surface area contributed by atoms with Gasteiger partial charge in [0.1, 0.15) is 11.5 Å². The van der Waals surface area contributed by atoms with Gasteiger partial charge in [-0.2, -0.15) is 0 Å². The number of nitrogens with one attached hydrogen (secondary N) is 1. The van der Waals surface area contributed by atoms with Gasteiger partial charge >= 0.3 is 0 Å². The highest BCUT2D eigenvalue weighted by molar-refractivity contribution is 5.64. The topological polar surface area (TPSA) is 21.3 Å². The smallest absolute Gasteiger partial charge is 0.129 e. The molecule has 0 unspecified atom stereocenters. The summed E-state index contributed by atoms with van der Waals surface area (Å²) in [5.74, 6) is 1.66. The lowest BCUT2D eigenvalue weighted by molar-refractivity contribution is 0.483. The van der Waals surface area contributed by atoms with Crippen LogP contribution in [0.2, 0.25) is 0 Å². The van der Waals surface area contributed by atoms with Crippen molar-refractivity contribution in [1.29, 1.82) is 0 Å². The Labute approximate surface area is 125 Å². The van der Waals surface area contributed by atoms with Crippen molar-refractivity contribution in [3.05, 3.63) is 78.9 Å². The minimum atomic E-state index is 0.828. The molecule has 0 fully saturated rings. The molecule has 0 bridgehead atoms. The van der Waals surface area contributed by atoms with Gasteiger partial charge in [-0.05, 0) is 35.4 Å². The molecular formula is C19H17NO. The fourth-order valence-corrected chi connectivity index (χ4v) is 2.20. The maximum absolute atomic E-state index is 5.87. The van der Waals surface area contributed by atoms with Gasteiger partial charge < -0.3 is 10.1 Å². The average molecular weight is 275 g/mol. The summed E-state index contributed by atoms with van der Waals surface area (Å²) >= 11 is 0. The molecule has 0 atom stereocenters. The predicted octanol–water partition coefficient (Wildman–Crippen LogP) is 5.19. The Morgan fingerprint density at radius 3 is 2.10 bits per heavy atom. The molecule has 0 saturated carbocycles. The van der Waals surface area contributed by atoms with Gasteiger partial charge in [0.15, 0.2) is 0 Å². The normalized spacial score (nSPS) is 10.1. The standard InChI is InChI=1S/C19H17NO/c1-20-17-8-5-9-19(14-17)21-18-12-10-16(11-13-18)15-6-3-2-4-7-15/h2-14,20H,1H3. The maximum atomic E-state index is 5.87. The summed E-state index contributed by atoms with van der Waals surface area (Å²) in [6, 6.07) is 26.4. The van der Waals surface area contributed by atoms with E-state index in [1.165, 1.54) is 11.1 Å². The molecule has 3 aromatic rings. The average Bonchev–Trinajstić information content (AvgIpc) is 2.56. The van der Waals surface area contributed by atoms with Crippen molar-refractivity contribution < 1.29 is 4.74 Å². The van der Waals surface area contributed by atoms with E-state index in [1.807, 2.05) is 61.6 Å². The Bertz CT molecular complexity index is 705. The Hall–Kier alpha value is -2.74. The molecule has 2 nitrogen and oxygen atoms in total. The van der Waals surface area contributed by atoms with Crippen LogP contribution in [0, 0.1) is 0 Å². The molecule has 21 heavy (non-hydrogen) atoms. The molecular weight excluding hydrogens is 258 g/mol. The lowest BCUT2D eigenvalue weighted by Gasteiger charge is -2.08.